The van der Waals surface area contributed by atoms with Crippen LogP contribution in [-0.2, 0) is 0 Å². The van der Waals surface area contributed by atoms with E-state index in [0.29, 0.717) is 5.41 Å². The van der Waals surface area contributed by atoms with Crippen LogP contribution in [0.15, 0.2) is 0 Å². The fourth-order valence-electron chi connectivity index (χ4n) is 4.60. The largest absolute Gasteiger partial charge is 0.320 e. The van der Waals surface area contributed by atoms with Gasteiger partial charge >= 0.3 is 0 Å². The zero-order valence-corrected chi connectivity index (χ0v) is 14.3. The molecule has 2 fully saturated rings. The van der Waals surface area contributed by atoms with Crippen LogP contribution < -0.4 is 5.32 Å². The van der Waals surface area contributed by atoms with Crippen LogP contribution in [0.5, 0.6) is 0 Å². The van der Waals surface area contributed by atoms with Gasteiger partial charge in [0.25, 0.3) is 0 Å². The highest BCUT2D eigenvalue weighted by Gasteiger charge is 2.39. The number of likely N-dealkylation sites (tertiary alicyclic amines) is 1. The predicted molar refractivity (Wildman–Crippen MR) is 88.1 cm³/mol. The summed E-state index contributed by atoms with van der Waals surface area (Å²) in [4.78, 5) is 2.93. The summed E-state index contributed by atoms with van der Waals surface area (Å²) in [6.07, 6.45) is 11.4. The van der Waals surface area contributed by atoms with Crippen LogP contribution >= 0.6 is 0 Å². The molecule has 0 aromatic rings. The van der Waals surface area contributed by atoms with Crippen LogP contribution in [0.3, 0.4) is 0 Å². The lowest BCUT2D eigenvalue weighted by molar-refractivity contribution is -0.00301. The summed E-state index contributed by atoms with van der Waals surface area (Å²) in [5.41, 5.74) is 0.468. The van der Waals surface area contributed by atoms with Crippen molar-refractivity contribution in [2.45, 2.75) is 84.2 Å². The molecule has 2 aliphatic rings. The molecule has 0 aromatic heterocycles. The average molecular weight is 280 g/mol. The number of piperidine rings is 1. The van der Waals surface area contributed by atoms with E-state index in [1.807, 2.05) is 0 Å². The molecule has 0 radical (unpaired) electrons. The Kier molecular flexibility index (Phi) is 5.92. The van der Waals surface area contributed by atoms with E-state index in [4.69, 9.17) is 0 Å². The highest BCUT2D eigenvalue weighted by molar-refractivity contribution is 4.93. The number of nitrogens with zero attached hydrogens (tertiary/aromatic N) is 1. The van der Waals surface area contributed by atoms with Crippen molar-refractivity contribution < 1.29 is 0 Å². The van der Waals surface area contributed by atoms with E-state index >= 15 is 0 Å². The number of rotatable bonds is 4. The minimum Gasteiger partial charge on any atom is -0.320 e. The maximum absolute atomic E-state index is 3.35. The predicted octanol–water partition coefficient (Wildman–Crippen LogP) is 4.06. The van der Waals surface area contributed by atoms with E-state index in [2.05, 4.69) is 38.0 Å². The Bertz CT molecular complexity index is 282. The molecule has 2 rings (SSSR count). The van der Waals surface area contributed by atoms with Crippen molar-refractivity contribution in [3.63, 3.8) is 0 Å². The molecule has 0 aromatic carbocycles. The third-order valence-corrected chi connectivity index (χ3v) is 5.67. The molecule has 0 amide bonds. The Hall–Kier alpha value is -0.0800. The van der Waals surface area contributed by atoms with E-state index < -0.39 is 0 Å². The van der Waals surface area contributed by atoms with Crippen molar-refractivity contribution in [3.05, 3.63) is 0 Å². The molecular formula is C18H36N2. The average Bonchev–Trinajstić information content (AvgIpc) is 2.44. The molecule has 1 heterocycles. The highest BCUT2D eigenvalue weighted by Crippen LogP contribution is 2.42. The van der Waals surface area contributed by atoms with Gasteiger partial charge in [0.1, 0.15) is 0 Å². The number of hydrogen-bond donors (Lipinski definition) is 1. The van der Waals surface area contributed by atoms with Crippen LogP contribution in [-0.4, -0.2) is 37.1 Å². The van der Waals surface area contributed by atoms with Crippen LogP contribution in [0.2, 0.25) is 0 Å². The molecule has 20 heavy (non-hydrogen) atoms. The summed E-state index contributed by atoms with van der Waals surface area (Å²) >= 11 is 0. The summed E-state index contributed by atoms with van der Waals surface area (Å²) in [7, 11) is 2.09. The molecule has 3 unspecified atom stereocenters. The Balaban J connectivity index is 2.07. The van der Waals surface area contributed by atoms with Crippen molar-refractivity contribution in [2.75, 3.05) is 20.1 Å². The lowest BCUT2D eigenvalue weighted by Crippen LogP contribution is -2.53. The Morgan fingerprint density at radius 3 is 2.40 bits per heavy atom. The van der Waals surface area contributed by atoms with Crippen molar-refractivity contribution in [3.8, 4) is 0 Å². The second-order valence-electron chi connectivity index (χ2n) is 8.10. The monoisotopic (exact) mass is 280 g/mol. The van der Waals surface area contributed by atoms with Gasteiger partial charge in [0, 0.05) is 12.1 Å². The van der Waals surface area contributed by atoms with Crippen molar-refractivity contribution in [1.29, 1.82) is 0 Å². The summed E-state index contributed by atoms with van der Waals surface area (Å²) < 4.78 is 0. The van der Waals surface area contributed by atoms with Gasteiger partial charge in [-0.3, -0.25) is 4.90 Å². The molecular weight excluding hydrogens is 244 g/mol. The first-order valence-corrected chi connectivity index (χ1v) is 8.94. The summed E-state index contributed by atoms with van der Waals surface area (Å²) in [6.45, 7) is 9.91. The van der Waals surface area contributed by atoms with Crippen LogP contribution in [0.25, 0.3) is 0 Å². The Labute approximate surface area is 126 Å². The first-order chi connectivity index (χ1) is 9.54. The SMILES string of the molecule is CNCCC1CCCCN1C1CCCCC1C(C)(C)C. The van der Waals surface area contributed by atoms with Gasteiger partial charge in [-0.15, -0.1) is 0 Å². The zero-order valence-electron chi connectivity index (χ0n) is 14.3. The molecule has 1 aliphatic carbocycles. The molecule has 1 saturated carbocycles. The third-order valence-electron chi connectivity index (χ3n) is 5.67. The van der Waals surface area contributed by atoms with E-state index in [1.165, 1.54) is 64.5 Å². The van der Waals surface area contributed by atoms with Gasteiger partial charge in [-0.1, -0.05) is 40.0 Å². The van der Waals surface area contributed by atoms with Crippen molar-refractivity contribution in [2.24, 2.45) is 11.3 Å². The minimum atomic E-state index is 0.468. The van der Waals surface area contributed by atoms with E-state index in [1.54, 1.807) is 0 Å². The van der Waals surface area contributed by atoms with Gasteiger partial charge in [0.2, 0.25) is 0 Å². The lowest BCUT2D eigenvalue weighted by atomic mass is 9.68. The molecule has 118 valence electrons. The van der Waals surface area contributed by atoms with Gasteiger partial charge in [0.15, 0.2) is 0 Å². The topological polar surface area (TPSA) is 15.3 Å². The Morgan fingerprint density at radius 1 is 1.00 bits per heavy atom. The highest BCUT2D eigenvalue weighted by atomic mass is 15.2. The van der Waals surface area contributed by atoms with Crippen molar-refractivity contribution in [1.82, 2.24) is 10.2 Å². The first kappa shape index (κ1) is 16.3. The van der Waals surface area contributed by atoms with Gasteiger partial charge in [0.05, 0.1) is 0 Å². The van der Waals surface area contributed by atoms with Gasteiger partial charge < -0.3 is 5.32 Å². The maximum Gasteiger partial charge on any atom is 0.0131 e. The van der Waals surface area contributed by atoms with E-state index in [0.717, 1.165) is 18.0 Å². The van der Waals surface area contributed by atoms with Crippen LogP contribution in [0.1, 0.15) is 72.1 Å². The summed E-state index contributed by atoms with van der Waals surface area (Å²) in [6, 6.07) is 1.69. The molecule has 1 aliphatic heterocycles. The molecule has 2 nitrogen and oxygen atoms in total. The summed E-state index contributed by atoms with van der Waals surface area (Å²) in [5.74, 6) is 0.895. The zero-order chi connectivity index (χ0) is 14.6. The van der Waals surface area contributed by atoms with Crippen LogP contribution in [0.4, 0.5) is 0 Å². The van der Waals surface area contributed by atoms with E-state index in [-0.39, 0.29) is 0 Å². The van der Waals surface area contributed by atoms with E-state index in [9.17, 15) is 0 Å². The molecule has 0 spiro atoms. The lowest BCUT2D eigenvalue weighted by Gasteiger charge is -2.50. The fraction of sp³-hybridized carbons (Fsp3) is 1.00. The first-order valence-electron chi connectivity index (χ1n) is 8.94. The maximum atomic E-state index is 3.35. The molecule has 2 heteroatoms. The van der Waals surface area contributed by atoms with Crippen molar-refractivity contribution >= 4 is 0 Å². The quantitative estimate of drug-likeness (QED) is 0.835. The van der Waals surface area contributed by atoms with Gasteiger partial charge in [-0.25, -0.2) is 0 Å². The van der Waals surface area contributed by atoms with Gasteiger partial charge in [-0.05, 0) is 63.6 Å². The van der Waals surface area contributed by atoms with Gasteiger partial charge in [-0.2, -0.15) is 0 Å². The van der Waals surface area contributed by atoms with Crippen LogP contribution in [0, 0.1) is 11.3 Å². The summed E-state index contributed by atoms with van der Waals surface area (Å²) in [5, 5.41) is 3.35. The molecule has 1 N–H and O–H groups in total. The standard InChI is InChI=1S/C18H36N2/c1-18(2,3)16-10-5-6-11-17(16)20-14-8-7-9-15(20)12-13-19-4/h15-17,19H,5-14H2,1-4H3. The fourth-order valence-corrected chi connectivity index (χ4v) is 4.60. The number of hydrogen-bond acceptors (Lipinski definition) is 2. The second kappa shape index (κ2) is 7.26. The Morgan fingerprint density at radius 2 is 1.70 bits per heavy atom. The molecule has 1 saturated heterocycles. The minimum absolute atomic E-state index is 0.468. The molecule has 0 bridgehead atoms. The normalized spacial score (nSPS) is 33.3. The smallest absolute Gasteiger partial charge is 0.0131 e. The second-order valence-corrected chi connectivity index (χ2v) is 8.10. The third kappa shape index (κ3) is 3.98. The molecule has 3 atom stereocenters. The number of nitrogens with one attached hydrogen (secondary N) is 1.